The predicted molar refractivity (Wildman–Crippen MR) is 133 cm³/mol. The molecule has 0 atom stereocenters. The standard InChI is InChI=1S/C27H26N2O3S/c1-29(25(30)15-12-19-6-3-2-4-7-19)18-21-8-5-9-23(16-21)22-13-10-20(11-14-22)17-24-26(31)28-27(32)33-24/h2-11,13-14,16,31H,12,15,17-18H2,1H3,(H,28,32). The number of aromatic amines is 1. The Morgan fingerprint density at radius 1 is 0.909 bits per heavy atom. The van der Waals surface area contributed by atoms with Gasteiger partial charge in [-0.25, -0.2) is 0 Å². The van der Waals surface area contributed by atoms with Gasteiger partial charge in [0.25, 0.3) is 0 Å². The average Bonchev–Trinajstić information content (AvgIpc) is 3.15. The number of benzene rings is 3. The van der Waals surface area contributed by atoms with Crippen molar-refractivity contribution in [2.24, 2.45) is 0 Å². The van der Waals surface area contributed by atoms with E-state index in [1.54, 1.807) is 4.90 Å². The summed E-state index contributed by atoms with van der Waals surface area (Å²) in [5.41, 5.74) is 5.42. The third kappa shape index (κ3) is 5.99. The van der Waals surface area contributed by atoms with Crippen LogP contribution in [0.25, 0.3) is 11.1 Å². The summed E-state index contributed by atoms with van der Waals surface area (Å²) in [7, 11) is 1.85. The van der Waals surface area contributed by atoms with Crippen LogP contribution >= 0.6 is 11.3 Å². The largest absolute Gasteiger partial charge is 0.494 e. The highest BCUT2D eigenvalue weighted by atomic mass is 32.1. The molecule has 0 radical (unpaired) electrons. The number of aryl methyl sites for hydroxylation is 1. The minimum atomic E-state index is -0.251. The highest BCUT2D eigenvalue weighted by Gasteiger charge is 2.11. The van der Waals surface area contributed by atoms with E-state index in [9.17, 15) is 14.7 Å². The number of thiazole rings is 1. The number of aromatic hydroxyl groups is 1. The van der Waals surface area contributed by atoms with Gasteiger partial charge in [0.05, 0.1) is 4.88 Å². The smallest absolute Gasteiger partial charge is 0.307 e. The number of H-pyrrole nitrogens is 1. The van der Waals surface area contributed by atoms with Gasteiger partial charge < -0.3 is 10.0 Å². The van der Waals surface area contributed by atoms with E-state index in [4.69, 9.17) is 0 Å². The van der Waals surface area contributed by atoms with Crippen LogP contribution in [0.4, 0.5) is 0 Å². The van der Waals surface area contributed by atoms with Crippen molar-refractivity contribution in [2.75, 3.05) is 7.05 Å². The van der Waals surface area contributed by atoms with E-state index in [1.807, 2.05) is 73.8 Å². The van der Waals surface area contributed by atoms with Crippen LogP contribution in [0.15, 0.2) is 83.7 Å². The molecule has 4 aromatic rings. The molecule has 6 heteroatoms. The maximum Gasteiger partial charge on any atom is 0.307 e. The molecule has 0 unspecified atom stereocenters. The van der Waals surface area contributed by atoms with Crippen molar-refractivity contribution in [3.05, 3.63) is 110 Å². The fourth-order valence-electron chi connectivity index (χ4n) is 3.77. The van der Waals surface area contributed by atoms with Gasteiger partial charge in [0, 0.05) is 26.4 Å². The number of carbonyl (C=O) groups excluding carboxylic acids is 1. The van der Waals surface area contributed by atoms with E-state index in [2.05, 4.69) is 17.1 Å². The summed E-state index contributed by atoms with van der Waals surface area (Å²) < 4.78 is 0. The van der Waals surface area contributed by atoms with Crippen LogP contribution in [0.1, 0.15) is 28.0 Å². The number of amides is 1. The molecule has 1 heterocycles. The Balaban J connectivity index is 1.38. The SMILES string of the molecule is CN(Cc1cccc(-c2ccc(Cc3sc(=O)[nH]c3O)cc2)c1)C(=O)CCc1ccccc1. The van der Waals surface area contributed by atoms with Gasteiger partial charge in [-0.15, -0.1) is 0 Å². The number of carbonyl (C=O) groups is 1. The highest BCUT2D eigenvalue weighted by Crippen LogP contribution is 2.24. The lowest BCUT2D eigenvalue weighted by molar-refractivity contribution is -0.130. The molecule has 33 heavy (non-hydrogen) atoms. The minimum Gasteiger partial charge on any atom is -0.494 e. The Morgan fingerprint density at radius 2 is 1.64 bits per heavy atom. The molecule has 2 N–H and O–H groups in total. The Bertz CT molecular complexity index is 1280. The van der Waals surface area contributed by atoms with Crippen molar-refractivity contribution in [1.29, 1.82) is 0 Å². The van der Waals surface area contributed by atoms with Crippen LogP contribution < -0.4 is 4.87 Å². The Hall–Kier alpha value is -3.64. The first-order valence-electron chi connectivity index (χ1n) is 10.8. The van der Waals surface area contributed by atoms with Crippen LogP contribution in [0.3, 0.4) is 0 Å². The molecule has 0 saturated carbocycles. The second-order valence-electron chi connectivity index (χ2n) is 8.10. The van der Waals surface area contributed by atoms with Crippen LogP contribution in [-0.4, -0.2) is 27.9 Å². The molecule has 3 aromatic carbocycles. The molecule has 5 nitrogen and oxygen atoms in total. The van der Waals surface area contributed by atoms with Crippen LogP contribution in [0, 0.1) is 0 Å². The van der Waals surface area contributed by atoms with Crippen molar-refractivity contribution in [2.45, 2.75) is 25.8 Å². The average molecular weight is 459 g/mol. The zero-order valence-electron chi connectivity index (χ0n) is 18.5. The molecule has 0 saturated heterocycles. The minimum absolute atomic E-state index is 0.0517. The fraction of sp³-hybridized carbons (Fsp3) is 0.185. The molecule has 0 bridgehead atoms. The molecule has 1 aromatic heterocycles. The monoisotopic (exact) mass is 458 g/mol. The first-order chi connectivity index (χ1) is 16.0. The fourth-order valence-corrected chi connectivity index (χ4v) is 4.53. The third-order valence-corrected chi connectivity index (χ3v) is 6.47. The first-order valence-corrected chi connectivity index (χ1v) is 11.7. The summed E-state index contributed by atoms with van der Waals surface area (Å²) in [6, 6.07) is 26.4. The Labute approximate surface area is 197 Å². The summed E-state index contributed by atoms with van der Waals surface area (Å²) >= 11 is 1.03. The van der Waals surface area contributed by atoms with Gasteiger partial charge >= 0.3 is 4.87 Å². The zero-order valence-corrected chi connectivity index (χ0v) is 19.3. The molecule has 0 aliphatic rings. The molecule has 0 aliphatic carbocycles. The number of nitrogens with zero attached hydrogens (tertiary/aromatic N) is 1. The topological polar surface area (TPSA) is 73.4 Å². The van der Waals surface area contributed by atoms with Crippen molar-refractivity contribution in [1.82, 2.24) is 9.88 Å². The molecule has 4 rings (SSSR count). The second-order valence-corrected chi connectivity index (χ2v) is 9.16. The van der Waals surface area contributed by atoms with Crippen molar-refractivity contribution in [3.8, 4) is 17.0 Å². The summed E-state index contributed by atoms with van der Waals surface area (Å²) in [5, 5.41) is 9.79. The van der Waals surface area contributed by atoms with Gasteiger partial charge in [0.2, 0.25) is 11.8 Å². The molecule has 0 fully saturated rings. The Morgan fingerprint density at radius 3 is 2.33 bits per heavy atom. The van der Waals surface area contributed by atoms with Gasteiger partial charge in [-0.3, -0.25) is 14.6 Å². The predicted octanol–water partition coefficient (Wildman–Crippen LogP) is 4.99. The normalized spacial score (nSPS) is 10.8. The summed E-state index contributed by atoms with van der Waals surface area (Å²) in [6.07, 6.45) is 1.74. The van der Waals surface area contributed by atoms with E-state index in [0.717, 1.165) is 40.0 Å². The molecular formula is C27H26N2O3S. The van der Waals surface area contributed by atoms with E-state index in [1.165, 1.54) is 5.56 Å². The van der Waals surface area contributed by atoms with Crippen LogP contribution in [-0.2, 0) is 24.2 Å². The second kappa shape index (κ2) is 10.3. The van der Waals surface area contributed by atoms with Crippen molar-refractivity contribution in [3.63, 3.8) is 0 Å². The lowest BCUT2D eigenvalue weighted by Crippen LogP contribution is -2.26. The van der Waals surface area contributed by atoms with E-state index in [-0.39, 0.29) is 16.7 Å². The summed E-state index contributed by atoms with van der Waals surface area (Å²) in [5.74, 6) is 0.0770. The zero-order chi connectivity index (χ0) is 23.2. The number of nitrogens with one attached hydrogen (secondary N) is 1. The molecular weight excluding hydrogens is 432 g/mol. The van der Waals surface area contributed by atoms with Crippen LogP contribution in [0.5, 0.6) is 5.88 Å². The first kappa shape index (κ1) is 22.6. The maximum atomic E-state index is 12.6. The van der Waals surface area contributed by atoms with E-state index in [0.29, 0.717) is 24.3 Å². The number of hydrogen-bond acceptors (Lipinski definition) is 4. The van der Waals surface area contributed by atoms with Gasteiger partial charge in [-0.1, -0.05) is 84.1 Å². The van der Waals surface area contributed by atoms with E-state index >= 15 is 0 Å². The summed E-state index contributed by atoms with van der Waals surface area (Å²) in [4.78, 5) is 28.5. The van der Waals surface area contributed by atoms with E-state index < -0.39 is 0 Å². The summed E-state index contributed by atoms with van der Waals surface area (Å²) in [6.45, 7) is 0.561. The maximum absolute atomic E-state index is 12.6. The Kier molecular flexibility index (Phi) is 7.05. The van der Waals surface area contributed by atoms with Crippen molar-refractivity contribution < 1.29 is 9.90 Å². The number of hydrogen-bond donors (Lipinski definition) is 2. The van der Waals surface area contributed by atoms with Gasteiger partial charge in [0.1, 0.15) is 0 Å². The van der Waals surface area contributed by atoms with Gasteiger partial charge in [-0.05, 0) is 40.3 Å². The molecule has 1 amide bonds. The van der Waals surface area contributed by atoms with Gasteiger partial charge in [0.15, 0.2) is 0 Å². The third-order valence-electron chi connectivity index (χ3n) is 5.60. The van der Waals surface area contributed by atoms with Crippen molar-refractivity contribution >= 4 is 17.2 Å². The number of aromatic nitrogens is 1. The van der Waals surface area contributed by atoms with Crippen LogP contribution in [0.2, 0.25) is 0 Å². The molecule has 0 spiro atoms. The molecule has 0 aliphatic heterocycles. The van der Waals surface area contributed by atoms with Gasteiger partial charge in [-0.2, -0.15) is 0 Å². The lowest BCUT2D eigenvalue weighted by atomic mass is 10.0. The number of rotatable bonds is 8. The highest BCUT2D eigenvalue weighted by molar-refractivity contribution is 7.09. The quantitative estimate of drug-likeness (QED) is 0.391. The molecule has 168 valence electrons. The lowest BCUT2D eigenvalue weighted by Gasteiger charge is -2.18.